The summed E-state index contributed by atoms with van der Waals surface area (Å²) in [6.45, 7) is 1.62. The fraction of sp³-hybridized carbons (Fsp3) is 1.00. The van der Waals surface area contributed by atoms with E-state index >= 15 is 0 Å². The van der Waals surface area contributed by atoms with Gasteiger partial charge in [-0.2, -0.15) is 0 Å². The van der Waals surface area contributed by atoms with E-state index in [1.807, 2.05) is 0 Å². The van der Waals surface area contributed by atoms with E-state index in [1.165, 1.54) is 0 Å². The third-order valence-corrected chi connectivity index (χ3v) is 11.8. The summed E-state index contributed by atoms with van der Waals surface area (Å²) in [6.07, 6.45) is -12.6. The lowest BCUT2D eigenvalue weighted by Crippen LogP contribution is -2.90. The standard InChI is InChI=1S/C28H48O13/c1-11-14-3-2-4-15(30)18(14)21(33)20-23(35)28(40)22(34)19(24(36)37)16(31)10-26(28,38)25(27(11,20)39)41-17(32)9-12-5-7-13(29)8-6-12/h11-25,29-40H,2-10H2,1H3. The highest BCUT2D eigenvalue weighted by molar-refractivity contribution is 5.31. The number of hydrogen-bond acceptors (Lipinski definition) is 13. The number of rotatable bonds is 5. The molecule has 0 saturated heterocycles. The molecule has 0 aromatic carbocycles. The molecule has 5 aliphatic carbocycles. The van der Waals surface area contributed by atoms with E-state index in [0.29, 0.717) is 44.9 Å². The zero-order valence-electron chi connectivity index (χ0n) is 23.3. The molecule has 0 aliphatic heterocycles. The van der Waals surface area contributed by atoms with Crippen molar-refractivity contribution < 1.29 is 66.0 Å². The largest absolute Gasteiger partial charge is 0.393 e. The SMILES string of the molecule is CC1C2CCCC(O)C2C(O)C2C(O)C3(O)C(O)C(C(O)O)C(O)CC3(O)C(OC(O)CC3CCC(O)CC3)C12O. The van der Waals surface area contributed by atoms with Crippen molar-refractivity contribution in [1.29, 1.82) is 0 Å². The molecule has 238 valence electrons. The van der Waals surface area contributed by atoms with Gasteiger partial charge in [0.05, 0.1) is 42.5 Å². The molecule has 5 fully saturated rings. The Balaban J connectivity index is 1.59. The molecular formula is C28H48O13. The van der Waals surface area contributed by atoms with E-state index in [2.05, 4.69) is 0 Å². The average molecular weight is 593 g/mol. The second-order valence-corrected chi connectivity index (χ2v) is 13.7. The van der Waals surface area contributed by atoms with Gasteiger partial charge in [-0.1, -0.05) is 13.3 Å². The van der Waals surface area contributed by atoms with Gasteiger partial charge in [0.1, 0.15) is 22.9 Å². The zero-order valence-corrected chi connectivity index (χ0v) is 23.3. The summed E-state index contributed by atoms with van der Waals surface area (Å²) in [5.74, 6) is -5.79. The van der Waals surface area contributed by atoms with Crippen LogP contribution in [-0.4, -0.2) is 133 Å². The van der Waals surface area contributed by atoms with Crippen molar-refractivity contribution in [3.8, 4) is 0 Å². The Hall–Kier alpha value is -0.520. The van der Waals surface area contributed by atoms with Crippen molar-refractivity contribution >= 4 is 0 Å². The molecule has 0 aromatic heterocycles. The van der Waals surface area contributed by atoms with Crippen LogP contribution in [0.2, 0.25) is 0 Å². The normalized spacial score (nSPS) is 56.5. The summed E-state index contributed by atoms with van der Waals surface area (Å²) < 4.78 is 6.00. The molecule has 12 N–H and O–H groups in total. The molecular weight excluding hydrogens is 544 g/mol. The van der Waals surface area contributed by atoms with Gasteiger partial charge in [-0.05, 0) is 56.3 Å². The predicted octanol–water partition coefficient (Wildman–Crippen LogP) is -3.34. The van der Waals surface area contributed by atoms with Crippen LogP contribution in [0.1, 0.15) is 64.7 Å². The number of aliphatic hydroxyl groups excluding tert-OH is 8. The Morgan fingerprint density at radius 2 is 1.44 bits per heavy atom. The van der Waals surface area contributed by atoms with Crippen molar-refractivity contribution in [2.45, 2.75) is 137 Å². The van der Waals surface area contributed by atoms with Crippen molar-refractivity contribution in [3.05, 3.63) is 0 Å². The molecule has 13 nitrogen and oxygen atoms in total. The maximum atomic E-state index is 12.5. The van der Waals surface area contributed by atoms with Crippen LogP contribution < -0.4 is 0 Å². The van der Waals surface area contributed by atoms with Crippen LogP contribution >= 0.6 is 0 Å². The third-order valence-electron chi connectivity index (χ3n) is 11.8. The summed E-state index contributed by atoms with van der Waals surface area (Å²) in [4.78, 5) is 0. The summed E-state index contributed by atoms with van der Waals surface area (Å²) >= 11 is 0. The first-order chi connectivity index (χ1) is 19.1. The average Bonchev–Trinajstić information content (AvgIpc) is 2.89. The summed E-state index contributed by atoms with van der Waals surface area (Å²) in [7, 11) is 0. The van der Waals surface area contributed by atoms with Crippen LogP contribution in [0.15, 0.2) is 0 Å². The lowest BCUT2D eigenvalue weighted by molar-refractivity contribution is -0.423. The van der Waals surface area contributed by atoms with Gasteiger partial charge < -0.3 is 66.0 Å². The molecule has 41 heavy (non-hydrogen) atoms. The fourth-order valence-electron chi connectivity index (χ4n) is 9.55. The third kappa shape index (κ3) is 4.63. The smallest absolute Gasteiger partial charge is 0.159 e. The summed E-state index contributed by atoms with van der Waals surface area (Å²) in [5, 5.41) is 134. The minimum atomic E-state index is -3.07. The number of ether oxygens (including phenoxy) is 1. The first kappa shape index (κ1) is 31.9. The number of aliphatic hydroxyl groups is 12. The summed E-state index contributed by atoms with van der Waals surface area (Å²) in [5.41, 5.74) is -8.23. The first-order valence-corrected chi connectivity index (χ1v) is 15.1. The van der Waals surface area contributed by atoms with Gasteiger partial charge in [0, 0.05) is 24.7 Å². The quantitative estimate of drug-likeness (QED) is 0.140. The Labute approximate surface area is 238 Å². The van der Waals surface area contributed by atoms with Gasteiger partial charge in [-0.15, -0.1) is 0 Å². The van der Waals surface area contributed by atoms with Crippen LogP contribution in [0.3, 0.4) is 0 Å². The van der Waals surface area contributed by atoms with E-state index in [0.717, 1.165) is 0 Å². The molecule has 5 rings (SSSR count). The Bertz CT molecular complexity index is 931. The molecule has 0 heterocycles. The van der Waals surface area contributed by atoms with E-state index in [4.69, 9.17) is 4.74 Å². The molecule has 13 heteroatoms. The first-order valence-electron chi connectivity index (χ1n) is 15.1. The molecule has 15 unspecified atom stereocenters. The van der Waals surface area contributed by atoms with Crippen molar-refractivity contribution in [1.82, 2.24) is 0 Å². The molecule has 0 bridgehead atoms. The second kappa shape index (κ2) is 11.1. The monoisotopic (exact) mass is 592 g/mol. The minimum Gasteiger partial charge on any atom is -0.393 e. The minimum absolute atomic E-state index is 0.0474. The van der Waals surface area contributed by atoms with Crippen LogP contribution in [0, 0.1) is 35.5 Å². The van der Waals surface area contributed by atoms with Crippen LogP contribution in [-0.2, 0) is 4.74 Å². The van der Waals surface area contributed by atoms with E-state index in [-0.39, 0.29) is 12.3 Å². The Kier molecular flexibility index (Phi) is 8.66. The Morgan fingerprint density at radius 1 is 0.805 bits per heavy atom. The van der Waals surface area contributed by atoms with Gasteiger partial charge in [0.25, 0.3) is 0 Å². The number of fused-ring (bicyclic) bond motifs is 3. The van der Waals surface area contributed by atoms with E-state index < -0.39 is 108 Å². The lowest BCUT2D eigenvalue weighted by atomic mass is 9.42. The van der Waals surface area contributed by atoms with Gasteiger partial charge in [-0.3, -0.25) is 0 Å². The molecule has 5 aliphatic rings. The fourth-order valence-corrected chi connectivity index (χ4v) is 9.55. The van der Waals surface area contributed by atoms with Gasteiger partial charge in [0.15, 0.2) is 12.6 Å². The maximum Gasteiger partial charge on any atom is 0.159 e. The predicted molar refractivity (Wildman–Crippen MR) is 138 cm³/mol. The van der Waals surface area contributed by atoms with Gasteiger partial charge in [0.2, 0.25) is 0 Å². The molecule has 15 atom stereocenters. The lowest BCUT2D eigenvalue weighted by Gasteiger charge is -2.70. The molecule has 0 amide bonds. The molecule has 0 spiro atoms. The molecule has 0 radical (unpaired) electrons. The van der Waals surface area contributed by atoms with Crippen LogP contribution in [0.4, 0.5) is 0 Å². The van der Waals surface area contributed by atoms with Crippen molar-refractivity contribution in [2.75, 3.05) is 0 Å². The van der Waals surface area contributed by atoms with Gasteiger partial charge >= 0.3 is 0 Å². The number of hydrogen-bond donors (Lipinski definition) is 12. The highest BCUT2D eigenvalue weighted by Crippen LogP contribution is 2.63. The van der Waals surface area contributed by atoms with Gasteiger partial charge in [-0.25, -0.2) is 0 Å². The van der Waals surface area contributed by atoms with Crippen LogP contribution in [0.5, 0.6) is 0 Å². The molecule has 0 aromatic rings. The zero-order chi connectivity index (χ0) is 30.2. The van der Waals surface area contributed by atoms with Crippen molar-refractivity contribution in [2.24, 2.45) is 35.5 Å². The second-order valence-electron chi connectivity index (χ2n) is 13.7. The Morgan fingerprint density at radius 3 is 2.05 bits per heavy atom. The van der Waals surface area contributed by atoms with E-state index in [1.54, 1.807) is 6.92 Å². The highest BCUT2D eigenvalue weighted by Gasteiger charge is 2.81. The van der Waals surface area contributed by atoms with E-state index in [9.17, 15) is 61.3 Å². The van der Waals surface area contributed by atoms with Crippen molar-refractivity contribution in [3.63, 3.8) is 0 Å². The summed E-state index contributed by atoms with van der Waals surface area (Å²) in [6, 6.07) is 0. The maximum absolute atomic E-state index is 12.5. The topological polar surface area (TPSA) is 252 Å². The highest BCUT2D eigenvalue weighted by atomic mass is 16.6. The van der Waals surface area contributed by atoms with Crippen LogP contribution in [0.25, 0.3) is 0 Å². The molecule has 5 saturated carbocycles.